The number of alkyl halides is 5. The van der Waals surface area contributed by atoms with Crippen LogP contribution in [0.25, 0.3) is 11.3 Å². The Hall–Kier alpha value is -3.39. The van der Waals surface area contributed by atoms with Gasteiger partial charge in [0.2, 0.25) is 5.91 Å². The highest BCUT2D eigenvalue weighted by molar-refractivity contribution is 5.98. The van der Waals surface area contributed by atoms with Crippen LogP contribution in [0.4, 0.5) is 26.3 Å². The Balaban J connectivity index is 1.31. The van der Waals surface area contributed by atoms with E-state index in [0.717, 1.165) is 15.9 Å². The van der Waals surface area contributed by atoms with E-state index >= 15 is 0 Å². The van der Waals surface area contributed by atoms with Crippen molar-refractivity contribution >= 4 is 11.8 Å². The van der Waals surface area contributed by atoms with Crippen LogP contribution < -0.4 is 10.5 Å². The molecule has 1 aromatic heterocycles. The molecular formula is C26H28F6N4O4. The van der Waals surface area contributed by atoms with E-state index in [2.05, 4.69) is 4.98 Å². The van der Waals surface area contributed by atoms with E-state index in [0.29, 0.717) is 18.6 Å². The van der Waals surface area contributed by atoms with Crippen molar-refractivity contribution in [1.29, 1.82) is 0 Å². The maximum absolute atomic E-state index is 14.9. The standard InChI is InChI=1S/C26H28F6N4O4/c27-20-9-16(24(39)36-12-17(37)10-22(36)23(33)38)1-3-19(20)21-4-2-18(11-34-21)40-13-15-5-7-35(8-6-15)14-25(28,29)26(30,31)32/h1-4,9,11,15,17,22,37H,5-8,10,12-14H2,(H2,33,38). The molecule has 0 bridgehead atoms. The summed E-state index contributed by atoms with van der Waals surface area (Å²) in [6.45, 7) is -1.05. The second kappa shape index (κ2) is 11.6. The van der Waals surface area contributed by atoms with Gasteiger partial charge in [-0.15, -0.1) is 0 Å². The van der Waals surface area contributed by atoms with Crippen LogP contribution in [0.3, 0.4) is 0 Å². The highest BCUT2D eigenvalue weighted by atomic mass is 19.4. The van der Waals surface area contributed by atoms with Crippen molar-refractivity contribution in [2.75, 3.05) is 32.8 Å². The fraction of sp³-hybridized carbons (Fsp3) is 0.500. The molecular weight excluding hydrogens is 546 g/mol. The minimum Gasteiger partial charge on any atom is -0.492 e. The molecule has 40 heavy (non-hydrogen) atoms. The van der Waals surface area contributed by atoms with Gasteiger partial charge in [0.1, 0.15) is 17.6 Å². The Morgan fingerprint density at radius 2 is 1.80 bits per heavy atom. The Kier molecular flexibility index (Phi) is 8.59. The number of nitrogens with zero attached hydrogens (tertiary/aromatic N) is 3. The van der Waals surface area contributed by atoms with Crippen LogP contribution >= 0.6 is 0 Å². The predicted molar refractivity (Wildman–Crippen MR) is 130 cm³/mol. The normalized spacial score (nSPS) is 21.0. The Morgan fingerprint density at radius 3 is 2.38 bits per heavy atom. The topological polar surface area (TPSA) is 109 Å². The SMILES string of the molecule is NC(=O)C1CC(O)CN1C(=O)c1ccc(-c2ccc(OCC3CCN(CC(F)(F)C(F)(F)F)CC3)cn2)c(F)c1. The number of ether oxygens (including phenoxy) is 1. The van der Waals surface area contributed by atoms with Gasteiger partial charge in [-0.1, -0.05) is 0 Å². The smallest absolute Gasteiger partial charge is 0.454 e. The first-order valence-electron chi connectivity index (χ1n) is 12.6. The molecule has 1 aromatic carbocycles. The summed E-state index contributed by atoms with van der Waals surface area (Å²) in [5.74, 6) is -6.56. The van der Waals surface area contributed by atoms with Crippen LogP contribution in [-0.4, -0.2) is 88.7 Å². The van der Waals surface area contributed by atoms with Gasteiger partial charge in [0.25, 0.3) is 5.91 Å². The number of halogens is 6. The molecule has 218 valence electrons. The lowest BCUT2D eigenvalue weighted by Crippen LogP contribution is -2.49. The molecule has 2 aromatic rings. The zero-order valence-corrected chi connectivity index (χ0v) is 21.2. The number of nitrogens with two attached hydrogens (primary N) is 1. The average molecular weight is 575 g/mol. The average Bonchev–Trinajstić information content (AvgIpc) is 3.29. The summed E-state index contributed by atoms with van der Waals surface area (Å²) in [6, 6.07) is 5.86. The third kappa shape index (κ3) is 6.66. The van der Waals surface area contributed by atoms with E-state index in [1.54, 1.807) is 6.07 Å². The van der Waals surface area contributed by atoms with Crippen molar-refractivity contribution in [2.45, 2.75) is 43.5 Å². The van der Waals surface area contributed by atoms with Gasteiger partial charge in [0.05, 0.1) is 31.1 Å². The summed E-state index contributed by atoms with van der Waals surface area (Å²) in [5, 5.41) is 9.81. The van der Waals surface area contributed by atoms with Crippen LogP contribution in [0.2, 0.25) is 0 Å². The lowest BCUT2D eigenvalue weighted by molar-refractivity contribution is -0.287. The summed E-state index contributed by atoms with van der Waals surface area (Å²) >= 11 is 0. The van der Waals surface area contributed by atoms with Gasteiger partial charge in [-0.25, -0.2) is 4.39 Å². The number of aromatic nitrogens is 1. The van der Waals surface area contributed by atoms with E-state index in [1.165, 1.54) is 24.4 Å². The summed E-state index contributed by atoms with van der Waals surface area (Å²) in [4.78, 5) is 30.8. The molecule has 0 aliphatic carbocycles. The Bertz CT molecular complexity index is 1220. The minimum absolute atomic E-state index is 0.0139. The molecule has 2 aliphatic heterocycles. The van der Waals surface area contributed by atoms with E-state index < -0.39 is 48.4 Å². The molecule has 2 atom stereocenters. The Labute approximate surface area is 225 Å². The largest absolute Gasteiger partial charge is 0.492 e. The summed E-state index contributed by atoms with van der Waals surface area (Å²) in [5.41, 5.74) is 5.66. The number of benzene rings is 1. The van der Waals surface area contributed by atoms with Crippen LogP contribution in [0.15, 0.2) is 36.5 Å². The van der Waals surface area contributed by atoms with Crippen LogP contribution in [0.5, 0.6) is 5.75 Å². The van der Waals surface area contributed by atoms with Gasteiger partial charge in [-0.3, -0.25) is 19.5 Å². The zero-order chi connectivity index (χ0) is 29.2. The van der Waals surface area contributed by atoms with Gasteiger partial charge in [0, 0.05) is 24.1 Å². The number of β-amino-alcohol motifs (C(OH)–C–C–N with tert-alkyl or cyclic N) is 1. The quantitative estimate of drug-likeness (QED) is 0.469. The maximum Gasteiger partial charge on any atom is 0.454 e. The number of piperidine rings is 1. The maximum atomic E-state index is 14.9. The number of hydrogen-bond acceptors (Lipinski definition) is 6. The summed E-state index contributed by atoms with van der Waals surface area (Å²) in [7, 11) is 0. The second-order valence-electron chi connectivity index (χ2n) is 10.1. The number of primary amides is 1. The van der Waals surface area contributed by atoms with E-state index in [4.69, 9.17) is 10.5 Å². The molecule has 8 nitrogen and oxygen atoms in total. The molecule has 0 radical (unpaired) electrons. The summed E-state index contributed by atoms with van der Waals surface area (Å²) in [6.07, 6.45) is -4.31. The molecule has 3 heterocycles. The van der Waals surface area contributed by atoms with E-state index in [9.17, 15) is 41.0 Å². The fourth-order valence-electron chi connectivity index (χ4n) is 4.85. The van der Waals surface area contributed by atoms with Crippen molar-refractivity contribution < 1.29 is 45.8 Å². The molecule has 2 unspecified atom stereocenters. The third-order valence-electron chi connectivity index (χ3n) is 7.13. The lowest BCUT2D eigenvalue weighted by atomic mass is 9.97. The van der Waals surface area contributed by atoms with Gasteiger partial charge in [0.15, 0.2) is 0 Å². The third-order valence-corrected chi connectivity index (χ3v) is 7.13. The van der Waals surface area contributed by atoms with Crippen LogP contribution in [-0.2, 0) is 4.79 Å². The van der Waals surface area contributed by atoms with Gasteiger partial charge in [-0.05, 0) is 62.2 Å². The van der Waals surface area contributed by atoms with Crippen molar-refractivity contribution in [3.8, 4) is 17.0 Å². The molecule has 14 heteroatoms. The molecule has 2 amide bonds. The number of pyridine rings is 1. The molecule has 2 aliphatic rings. The number of hydrogen-bond donors (Lipinski definition) is 2. The van der Waals surface area contributed by atoms with Crippen molar-refractivity contribution in [2.24, 2.45) is 11.7 Å². The molecule has 4 rings (SSSR count). The second-order valence-corrected chi connectivity index (χ2v) is 10.1. The monoisotopic (exact) mass is 574 g/mol. The molecule has 2 saturated heterocycles. The van der Waals surface area contributed by atoms with Gasteiger partial charge in [-0.2, -0.15) is 22.0 Å². The molecule has 3 N–H and O–H groups in total. The zero-order valence-electron chi connectivity index (χ0n) is 21.2. The highest BCUT2D eigenvalue weighted by Crippen LogP contribution is 2.37. The van der Waals surface area contributed by atoms with Crippen LogP contribution in [0, 0.1) is 11.7 Å². The molecule has 2 fully saturated rings. The van der Waals surface area contributed by atoms with Crippen molar-refractivity contribution in [3.63, 3.8) is 0 Å². The minimum atomic E-state index is -5.58. The van der Waals surface area contributed by atoms with Gasteiger partial charge < -0.3 is 20.5 Å². The van der Waals surface area contributed by atoms with Crippen LogP contribution in [0.1, 0.15) is 29.6 Å². The number of aliphatic hydroxyl groups excluding tert-OH is 1. The fourth-order valence-corrected chi connectivity index (χ4v) is 4.85. The van der Waals surface area contributed by atoms with Crippen molar-refractivity contribution in [1.82, 2.24) is 14.8 Å². The van der Waals surface area contributed by atoms with E-state index in [-0.39, 0.29) is 55.4 Å². The summed E-state index contributed by atoms with van der Waals surface area (Å²) < 4.78 is 84.4. The Morgan fingerprint density at radius 1 is 1.10 bits per heavy atom. The van der Waals surface area contributed by atoms with Gasteiger partial charge >= 0.3 is 12.1 Å². The van der Waals surface area contributed by atoms with E-state index in [1.807, 2.05) is 0 Å². The number of aliphatic hydroxyl groups is 1. The number of amides is 2. The first-order chi connectivity index (χ1) is 18.7. The molecule has 0 saturated carbocycles. The lowest BCUT2D eigenvalue weighted by Gasteiger charge is -2.34. The first-order valence-corrected chi connectivity index (χ1v) is 12.6. The number of carbonyl (C=O) groups is 2. The number of likely N-dealkylation sites (tertiary alicyclic amines) is 2. The number of carbonyl (C=O) groups excluding carboxylic acids is 2. The molecule has 0 spiro atoms. The highest BCUT2D eigenvalue weighted by Gasteiger charge is 2.58. The number of rotatable bonds is 8. The first kappa shape index (κ1) is 29.6. The predicted octanol–water partition coefficient (Wildman–Crippen LogP) is 3.24. The van der Waals surface area contributed by atoms with Crippen molar-refractivity contribution in [3.05, 3.63) is 47.9 Å².